The number of benzene rings is 3. The predicted molar refractivity (Wildman–Crippen MR) is 150 cm³/mol. The van der Waals surface area contributed by atoms with Crippen LogP contribution in [0.4, 0.5) is 0 Å². The molecule has 0 radical (unpaired) electrons. The van der Waals surface area contributed by atoms with Gasteiger partial charge in [0.2, 0.25) is 0 Å². The lowest BCUT2D eigenvalue weighted by molar-refractivity contribution is -0.134. The number of Topliss-reactive ketones (excluding diaryl/α,β-unsaturated/α-hetero) is 1. The Morgan fingerprint density at radius 1 is 0.769 bits per heavy atom. The zero-order chi connectivity index (χ0) is 27.9. The number of carboxylic acid groups (broad SMARTS) is 2. The van der Waals surface area contributed by atoms with Gasteiger partial charge in [0.15, 0.2) is 5.78 Å². The van der Waals surface area contributed by atoms with Crippen LogP contribution in [0.25, 0.3) is 0 Å². The molecule has 4 rings (SSSR count). The largest absolute Gasteiger partial charge is 0.478 e. The highest BCUT2D eigenvalue weighted by molar-refractivity contribution is 5.95. The topological polar surface area (TPSA) is 104 Å². The molecule has 0 amide bonds. The molecule has 0 aromatic heterocycles. The highest BCUT2D eigenvalue weighted by Gasteiger charge is 2.24. The number of carboxylic acids is 2. The monoisotopic (exact) mass is 529 g/mol. The third-order valence-electron chi connectivity index (χ3n) is 6.41. The maximum atomic E-state index is 12.3. The third-order valence-corrected chi connectivity index (χ3v) is 6.41. The highest BCUT2D eigenvalue weighted by atomic mass is 16.5. The fraction of sp³-hybridized carbons (Fsp3) is 0.281. The van der Waals surface area contributed by atoms with Crippen molar-refractivity contribution in [3.8, 4) is 0 Å². The summed E-state index contributed by atoms with van der Waals surface area (Å²) in [7, 11) is 0. The van der Waals surface area contributed by atoms with E-state index in [2.05, 4.69) is 53.4 Å². The van der Waals surface area contributed by atoms with E-state index in [0.29, 0.717) is 18.6 Å². The van der Waals surface area contributed by atoms with Crippen LogP contribution in [0.2, 0.25) is 0 Å². The number of rotatable bonds is 11. The lowest BCUT2D eigenvalue weighted by Crippen LogP contribution is -2.38. The first-order valence-electron chi connectivity index (χ1n) is 13.1. The minimum atomic E-state index is -1.26. The number of aliphatic carboxylic acids is 2. The number of piperidine rings is 1. The molecule has 0 unspecified atom stereocenters. The van der Waals surface area contributed by atoms with Crippen LogP contribution < -0.4 is 0 Å². The zero-order valence-corrected chi connectivity index (χ0v) is 21.9. The molecule has 3 aromatic carbocycles. The molecule has 1 heterocycles. The average molecular weight is 530 g/mol. The Bertz CT molecular complexity index is 1130. The van der Waals surface area contributed by atoms with Gasteiger partial charge in [0, 0.05) is 37.2 Å². The van der Waals surface area contributed by atoms with Crippen LogP contribution in [0.5, 0.6) is 0 Å². The van der Waals surface area contributed by atoms with Crippen LogP contribution in [0, 0.1) is 0 Å². The molecule has 0 spiro atoms. The van der Waals surface area contributed by atoms with Crippen LogP contribution >= 0.6 is 0 Å². The number of likely N-dealkylation sites (tertiary alicyclic amines) is 1. The standard InChI is InChI=1S/C28H31NO2.C4H4O4/c30-27(23-11-4-1-5-12-23)17-10-20-29-21-18-26(19-22-29)31-28(24-13-6-2-7-14-24)25-15-8-3-9-16-25;5-3(6)1-2-4(7)8/h1-9,11-16,26,28H,10,17-22H2;1-2H,(H,5,6)(H,7,8)/b;2-1+. The number of hydrogen-bond acceptors (Lipinski definition) is 5. The van der Waals surface area contributed by atoms with Crippen molar-refractivity contribution in [3.05, 3.63) is 120 Å². The second kappa shape index (κ2) is 16.0. The van der Waals surface area contributed by atoms with Gasteiger partial charge in [-0.25, -0.2) is 9.59 Å². The molecule has 0 saturated carbocycles. The van der Waals surface area contributed by atoms with Crippen molar-refractivity contribution in [2.75, 3.05) is 19.6 Å². The van der Waals surface area contributed by atoms with E-state index in [-0.39, 0.29) is 18.0 Å². The molecular formula is C32H35NO6. The molecule has 7 nitrogen and oxygen atoms in total. The Labute approximate surface area is 229 Å². The summed E-state index contributed by atoms with van der Waals surface area (Å²) in [6.07, 6.45) is 4.94. The summed E-state index contributed by atoms with van der Waals surface area (Å²) in [5, 5.41) is 15.6. The van der Waals surface area contributed by atoms with Crippen molar-refractivity contribution in [2.45, 2.75) is 37.9 Å². The van der Waals surface area contributed by atoms with Gasteiger partial charge in [-0.3, -0.25) is 4.79 Å². The number of carbonyl (C=O) groups excluding carboxylic acids is 1. The summed E-state index contributed by atoms with van der Waals surface area (Å²) in [5.41, 5.74) is 3.23. The highest BCUT2D eigenvalue weighted by Crippen LogP contribution is 2.30. The second-order valence-electron chi connectivity index (χ2n) is 9.28. The van der Waals surface area contributed by atoms with Crippen LogP contribution in [0.3, 0.4) is 0 Å². The van der Waals surface area contributed by atoms with Gasteiger partial charge in [-0.2, -0.15) is 0 Å². The quantitative estimate of drug-likeness (QED) is 0.245. The molecule has 1 aliphatic heterocycles. The maximum absolute atomic E-state index is 12.3. The number of hydrogen-bond donors (Lipinski definition) is 2. The smallest absolute Gasteiger partial charge is 0.328 e. The van der Waals surface area contributed by atoms with Crippen molar-refractivity contribution in [1.82, 2.24) is 4.90 Å². The summed E-state index contributed by atoms with van der Waals surface area (Å²) in [4.78, 5) is 33.9. The van der Waals surface area contributed by atoms with E-state index < -0.39 is 11.9 Å². The molecular weight excluding hydrogens is 494 g/mol. The number of ether oxygens (including phenoxy) is 1. The van der Waals surface area contributed by atoms with E-state index in [0.717, 1.165) is 44.5 Å². The maximum Gasteiger partial charge on any atom is 0.328 e. The second-order valence-corrected chi connectivity index (χ2v) is 9.28. The van der Waals surface area contributed by atoms with Gasteiger partial charge in [0.05, 0.1) is 6.10 Å². The van der Waals surface area contributed by atoms with Crippen LogP contribution in [0.1, 0.15) is 53.3 Å². The third kappa shape index (κ3) is 10.7. The molecule has 0 atom stereocenters. The minimum absolute atomic E-state index is 0.0255. The Morgan fingerprint density at radius 2 is 1.23 bits per heavy atom. The minimum Gasteiger partial charge on any atom is -0.478 e. The molecule has 3 aromatic rings. The van der Waals surface area contributed by atoms with E-state index in [4.69, 9.17) is 14.9 Å². The van der Waals surface area contributed by atoms with Crippen molar-refractivity contribution in [3.63, 3.8) is 0 Å². The Kier molecular flexibility index (Phi) is 12.1. The summed E-state index contributed by atoms with van der Waals surface area (Å²) < 4.78 is 6.63. The molecule has 39 heavy (non-hydrogen) atoms. The predicted octanol–water partition coefficient (Wildman–Crippen LogP) is 5.63. The Hall–Kier alpha value is -4.07. The summed E-state index contributed by atoms with van der Waals surface area (Å²) in [5.74, 6) is -2.27. The van der Waals surface area contributed by atoms with Crippen molar-refractivity contribution < 1.29 is 29.3 Å². The molecule has 204 valence electrons. The van der Waals surface area contributed by atoms with Gasteiger partial charge in [-0.05, 0) is 36.9 Å². The van der Waals surface area contributed by atoms with Gasteiger partial charge in [-0.15, -0.1) is 0 Å². The Morgan fingerprint density at radius 3 is 1.69 bits per heavy atom. The lowest BCUT2D eigenvalue weighted by Gasteiger charge is -2.34. The SMILES string of the molecule is O=C(CCCN1CCC(OC(c2ccccc2)c2ccccc2)CC1)c1ccccc1.O=C(O)/C=C/C(=O)O. The Balaban J connectivity index is 0.000000459. The lowest BCUT2D eigenvalue weighted by atomic mass is 10.00. The normalized spacial score (nSPS) is 14.1. The fourth-order valence-corrected chi connectivity index (χ4v) is 4.44. The van der Waals surface area contributed by atoms with Crippen molar-refractivity contribution in [1.29, 1.82) is 0 Å². The fourth-order valence-electron chi connectivity index (χ4n) is 4.44. The van der Waals surface area contributed by atoms with E-state index in [9.17, 15) is 14.4 Å². The summed E-state index contributed by atoms with van der Waals surface area (Å²) in [6.45, 7) is 3.03. The molecule has 0 aliphatic carbocycles. The van der Waals surface area contributed by atoms with Crippen LogP contribution in [-0.2, 0) is 14.3 Å². The zero-order valence-electron chi connectivity index (χ0n) is 21.9. The van der Waals surface area contributed by atoms with Crippen LogP contribution in [0.15, 0.2) is 103 Å². The van der Waals surface area contributed by atoms with Crippen LogP contribution in [-0.4, -0.2) is 58.6 Å². The average Bonchev–Trinajstić information content (AvgIpc) is 2.97. The van der Waals surface area contributed by atoms with Crippen molar-refractivity contribution >= 4 is 17.7 Å². The van der Waals surface area contributed by atoms with Gasteiger partial charge in [-0.1, -0.05) is 91.0 Å². The molecule has 1 saturated heterocycles. The molecule has 2 N–H and O–H groups in total. The number of nitrogens with zero attached hydrogens (tertiary/aromatic N) is 1. The first-order chi connectivity index (χ1) is 18.9. The molecule has 1 aliphatic rings. The van der Waals surface area contributed by atoms with Gasteiger partial charge in [0.1, 0.15) is 6.10 Å². The van der Waals surface area contributed by atoms with E-state index >= 15 is 0 Å². The van der Waals surface area contributed by atoms with Gasteiger partial charge in [0.25, 0.3) is 0 Å². The first kappa shape index (κ1) is 29.5. The van der Waals surface area contributed by atoms with E-state index in [1.807, 2.05) is 42.5 Å². The first-order valence-corrected chi connectivity index (χ1v) is 13.1. The molecule has 1 fully saturated rings. The summed E-state index contributed by atoms with van der Waals surface area (Å²) >= 11 is 0. The van der Waals surface area contributed by atoms with Gasteiger partial charge < -0.3 is 19.8 Å². The van der Waals surface area contributed by atoms with E-state index in [1.165, 1.54) is 11.1 Å². The molecule has 0 bridgehead atoms. The number of ketones is 1. The number of carbonyl (C=O) groups is 3. The van der Waals surface area contributed by atoms with E-state index in [1.54, 1.807) is 0 Å². The summed E-state index contributed by atoms with van der Waals surface area (Å²) in [6, 6.07) is 30.6. The van der Waals surface area contributed by atoms with Gasteiger partial charge >= 0.3 is 11.9 Å². The molecule has 7 heteroatoms. The van der Waals surface area contributed by atoms with Crippen molar-refractivity contribution in [2.24, 2.45) is 0 Å².